The molecule has 1 aliphatic rings. The van der Waals surface area contributed by atoms with Gasteiger partial charge in [-0.2, -0.15) is 0 Å². The standard InChI is InChI=1S/C20H23N5/c1-2-6-17(7-3-1)18-9-12-24(13-10-18)14-20-16-25(23-22-20)15-19-8-4-5-11-21-19/h1-8,11,16,18H,9-10,12-15H2. The highest BCUT2D eigenvalue weighted by Gasteiger charge is 2.21. The second kappa shape index (κ2) is 7.57. The van der Waals surface area contributed by atoms with Crippen LogP contribution in [0.2, 0.25) is 0 Å². The molecule has 0 bridgehead atoms. The molecule has 0 spiro atoms. The Morgan fingerprint density at radius 3 is 2.44 bits per heavy atom. The Morgan fingerprint density at radius 1 is 0.880 bits per heavy atom. The summed E-state index contributed by atoms with van der Waals surface area (Å²) in [6.45, 7) is 3.78. The van der Waals surface area contributed by atoms with Crippen LogP contribution < -0.4 is 0 Å². The molecule has 0 N–H and O–H groups in total. The first kappa shape index (κ1) is 16.0. The molecular formula is C20H23N5. The van der Waals surface area contributed by atoms with Crippen molar-refractivity contribution in [2.24, 2.45) is 0 Å². The SMILES string of the molecule is c1ccc(C2CCN(Cc3cn(Cc4ccccn4)nn3)CC2)cc1. The minimum absolute atomic E-state index is 0.671. The number of likely N-dealkylation sites (tertiary alicyclic amines) is 1. The van der Waals surface area contributed by atoms with E-state index in [0.29, 0.717) is 12.5 Å². The van der Waals surface area contributed by atoms with E-state index in [2.05, 4.69) is 50.5 Å². The van der Waals surface area contributed by atoms with Crippen molar-refractivity contribution in [3.8, 4) is 0 Å². The van der Waals surface area contributed by atoms with Crippen molar-refractivity contribution in [1.29, 1.82) is 0 Å². The molecule has 4 rings (SSSR count). The number of pyridine rings is 1. The van der Waals surface area contributed by atoms with Crippen LogP contribution in [0.25, 0.3) is 0 Å². The van der Waals surface area contributed by atoms with Crippen LogP contribution in [0.4, 0.5) is 0 Å². The Bertz CT molecular complexity index is 776. The Balaban J connectivity index is 1.30. The molecule has 5 heteroatoms. The first-order valence-corrected chi connectivity index (χ1v) is 8.93. The molecule has 25 heavy (non-hydrogen) atoms. The number of rotatable bonds is 5. The van der Waals surface area contributed by atoms with E-state index in [1.165, 1.54) is 18.4 Å². The number of hydrogen-bond donors (Lipinski definition) is 0. The average molecular weight is 333 g/mol. The summed E-state index contributed by atoms with van der Waals surface area (Å²) in [4.78, 5) is 6.82. The monoisotopic (exact) mass is 333 g/mol. The van der Waals surface area contributed by atoms with Crippen LogP contribution in [0.15, 0.2) is 60.9 Å². The van der Waals surface area contributed by atoms with Crippen molar-refractivity contribution < 1.29 is 0 Å². The van der Waals surface area contributed by atoms with Gasteiger partial charge < -0.3 is 0 Å². The summed E-state index contributed by atoms with van der Waals surface area (Å²) >= 11 is 0. The molecule has 128 valence electrons. The summed E-state index contributed by atoms with van der Waals surface area (Å²) in [5.74, 6) is 0.692. The molecule has 0 saturated carbocycles. The maximum atomic E-state index is 4.34. The Morgan fingerprint density at radius 2 is 1.68 bits per heavy atom. The lowest BCUT2D eigenvalue weighted by atomic mass is 9.89. The summed E-state index contributed by atoms with van der Waals surface area (Å²) in [5.41, 5.74) is 3.51. The lowest BCUT2D eigenvalue weighted by molar-refractivity contribution is 0.202. The highest BCUT2D eigenvalue weighted by molar-refractivity contribution is 5.20. The molecule has 0 amide bonds. The maximum Gasteiger partial charge on any atom is 0.0967 e. The van der Waals surface area contributed by atoms with E-state index in [9.17, 15) is 0 Å². The van der Waals surface area contributed by atoms with E-state index >= 15 is 0 Å². The van der Waals surface area contributed by atoms with E-state index in [4.69, 9.17) is 0 Å². The van der Waals surface area contributed by atoms with Crippen molar-refractivity contribution in [3.05, 3.63) is 77.9 Å². The van der Waals surface area contributed by atoms with Crippen LogP contribution in [-0.4, -0.2) is 38.0 Å². The maximum absolute atomic E-state index is 4.34. The summed E-state index contributed by atoms with van der Waals surface area (Å²) in [6.07, 6.45) is 6.28. The number of aromatic nitrogens is 4. The fourth-order valence-corrected chi connectivity index (χ4v) is 3.52. The van der Waals surface area contributed by atoms with Gasteiger partial charge in [-0.3, -0.25) is 9.88 Å². The molecule has 1 fully saturated rings. The van der Waals surface area contributed by atoms with Crippen LogP contribution in [0, 0.1) is 0 Å². The number of piperidine rings is 1. The largest absolute Gasteiger partial charge is 0.297 e. The fraction of sp³-hybridized carbons (Fsp3) is 0.350. The van der Waals surface area contributed by atoms with Gasteiger partial charge in [0.25, 0.3) is 0 Å². The van der Waals surface area contributed by atoms with Crippen LogP contribution >= 0.6 is 0 Å². The van der Waals surface area contributed by atoms with Gasteiger partial charge in [-0.15, -0.1) is 5.10 Å². The van der Waals surface area contributed by atoms with Gasteiger partial charge in [-0.05, 0) is 49.5 Å². The molecule has 1 saturated heterocycles. The summed E-state index contributed by atoms with van der Waals surface area (Å²) < 4.78 is 1.87. The van der Waals surface area contributed by atoms with E-state index in [-0.39, 0.29) is 0 Å². The lowest BCUT2D eigenvalue weighted by Crippen LogP contribution is -2.32. The van der Waals surface area contributed by atoms with Crippen molar-refractivity contribution in [2.75, 3.05) is 13.1 Å². The van der Waals surface area contributed by atoms with Gasteiger partial charge in [0.1, 0.15) is 0 Å². The van der Waals surface area contributed by atoms with Gasteiger partial charge in [0.2, 0.25) is 0 Å². The molecule has 0 aliphatic carbocycles. The van der Waals surface area contributed by atoms with E-state index in [1.807, 2.05) is 35.3 Å². The van der Waals surface area contributed by atoms with Gasteiger partial charge in [-0.25, -0.2) is 4.68 Å². The van der Waals surface area contributed by atoms with Gasteiger partial charge in [0.05, 0.1) is 24.1 Å². The van der Waals surface area contributed by atoms with Crippen LogP contribution in [0.5, 0.6) is 0 Å². The van der Waals surface area contributed by atoms with Gasteiger partial charge in [-0.1, -0.05) is 41.6 Å². The first-order valence-electron chi connectivity index (χ1n) is 8.93. The van der Waals surface area contributed by atoms with E-state index in [1.54, 1.807) is 0 Å². The van der Waals surface area contributed by atoms with Gasteiger partial charge in [0, 0.05) is 12.7 Å². The first-order chi connectivity index (χ1) is 12.4. The zero-order valence-corrected chi connectivity index (χ0v) is 14.3. The third kappa shape index (κ3) is 4.12. The predicted molar refractivity (Wildman–Crippen MR) is 97.1 cm³/mol. The normalized spacial score (nSPS) is 16.2. The number of benzene rings is 1. The number of nitrogens with zero attached hydrogens (tertiary/aromatic N) is 5. The average Bonchev–Trinajstić information content (AvgIpc) is 3.11. The Labute approximate surface area is 148 Å². The van der Waals surface area contributed by atoms with Crippen LogP contribution in [0.1, 0.15) is 35.7 Å². The molecule has 3 aromatic rings. The summed E-state index contributed by atoms with van der Waals surface area (Å²) in [7, 11) is 0. The quantitative estimate of drug-likeness (QED) is 0.720. The molecule has 0 atom stereocenters. The molecule has 0 unspecified atom stereocenters. The highest BCUT2D eigenvalue weighted by atomic mass is 15.4. The van der Waals surface area contributed by atoms with Gasteiger partial charge in [0.15, 0.2) is 0 Å². The van der Waals surface area contributed by atoms with E-state index < -0.39 is 0 Å². The molecule has 0 radical (unpaired) electrons. The van der Waals surface area contributed by atoms with E-state index in [0.717, 1.165) is 31.0 Å². The topological polar surface area (TPSA) is 46.8 Å². The second-order valence-electron chi connectivity index (χ2n) is 6.69. The van der Waals surface area contributed by atoms with Crippen molar-refractivity contribution >= 4 is 0 Å². The molecule has 5 nitrogen and oxygen atoms in total. The minimum Gasteiger partial charge on any atom is -0.297 e. The highest BCUT2D eigenvalue weighted by Crippen LogP contribution is 2.28. The lowest BCUT2D eigenvalue weighted by Gasteiger charge is -2.31. The third-order valence-electron chi connectivity index (χ3n) is 4.88. The van der Waals surface area contributed by atoms with Crippen LogP contribution in [-0.2, 0) is 13.1 Å². The van der Waals surface area contributed by atoms with Crippen molar-refractivity contribution in [2.45, 2.75) is 31.8 Å². The molecular weight excluding hydrogens is 310 g/mol. The van der Waals surface area contributed by atoms with Crippen LogP contribution in [0.3, 0.4) is 0 Å². The Hall–Kier alpha value is -2.53. The van der Waals surface area contributed by atoms with Crippen molar-refractivity contribution in [1.82, 2.24) is 24.9 Å². The molecule has 2 aromatic heterocycles. The molecule has 1 aromatic carbocycles. The number of hydrogen-bond acceptors (Lipinski definition) is 4. The smallest absolute Gasteiger partial charge is 0.0967 e. The zero-order valence-electron chi connectivity index (χ0n) is 14.3. The molecule has 1 aliphatic heterocycles. The zero-order chi connectivity index (χ0) is 16.9. The summed E-state index contributed by atoms with van der Waals surface area (Å²) in [5, 5.41) is 8.57. The van der Waals surface area contributed by atoms with Crippen molar-refractivity contribution in [3.63, 3.8) is 0 Å². The van der Waals surface area contributed by atoms with Gasteiger partial charge >= 0.3 is 0 Å². The second-order valence-corrected chi connectivity index (χ2v) is 6.69. The predicted octanol–water partition coefficient (Wildman–Crippen LogP) is 3.10. The molecule has 3 heterocycles. The third-order valence-corrected chi connectivity index (χ3v) is 4.88. The minimum atomic E-state index is 0.671. The summed E-state index contributed by atoms with van der Waals surface area (Å²) in [6, 6.07) is 16.8. The fourth-order valence-electron chi connectivity index (χ4n) is 3.52. The Kier molecular flexibility index (Phi) is 4.84.